The summed E-state index contributed by atoms with van der Waals surface area (Å²) in [6.45, 7) is 4.83. The Kier molecular flexibility index (Phi) is 3.99. The summed E-state index contributed by atoms with van der Waals surface area (Å²) in [4.78, 5) is 23.4. The van der Waals surface area contributed by atoms with Gasteiger partial charge in [-0.05, 0) is 25.8 Å². The molecule has 0 bridgehead atoms. The van der Waals surface area contributed by atoms with E-state index in [0.29, 0.717) is 13.0 Å². The van der Waals surface area contributed by atoms with Gasteiger partial charge in [-0.2, -0.15) is 0 Å². The Hall–Kier alpha value is -1.69. The maximum absolute atomic E-state index is 10.5. The molecule has 0 aliphatic carbocycles. The third kappa shape index (κ3) is 2.84. The van der Waals surface area contributed by atoms with Crippen molar-refractivity contribution in [2.45, 2.75) is 26.7 Å². The molecule has 6 heteroatoms. The number of rotatable bonds is 5. The highest BCUT2D eigenvalue weighted by Crippen LogP contribution is 2.33. The molecule has 0 amide bonds. The zero-order chi connectivity index (χ0) is 14.0. The number of carboxylic acid groups (broad SMARTS) is 1. The van der Waals surface area contributed by atoms with Crippen molar-refractivity contribution >= 4 is 33.3 Å². The SMILES string of the molecule is Cc1sc2ncnc(N(C)CCCC(=O)O)c2c1C. The van der Waals surface area contributed by atoms with Gasteiger partial charge in [-0.25, -0.2) is 9.97 Å². The van der Waals surface area contributed by atoms with Gasteiger partial charge in [0.15, 0.2) is 0 Å². The number of hydrogen-bond acceptors (Lipinski definition) is 5. The lowest BCUT2D eigenvalue weighted by molar-refractivity contribution is -0.137. The number of thiophene rings is 1. The molecule has 2 heterocycles. The van der Waals surface area contributed by atoms with Crippen LogP contribution in [0.5, 0.6) is 0 Å². The quantitative estimate of drug-likeness (QED) is 0.911. The highest BCUT2D eigenvalue weighted by atomic mass is 32.1. The monoisotopic (exact) mass is 279 g/mol. The van der Waals surface area contributed by atoms with Crippen molar-refractivity contribution in [2.24, 2.45) is 0 Å². The Morgan fingerprint density at radius 2 is 2.16 bits per heavy atom. The van der Waals surface area contributed by atoms with E-state index in [4.69, 9.17) is 5.11 Å². The average molecular weight is 279 g/mol. The van der Waals surface area contributed by atoms with Gasteiger partial charge in [-0.15, -0.1) is 11.3 Å². The third-order valence-corrected chi connectivity index (χ3v) is 4.31. The molecule has 0 aliphatic heterocycles. The van der Waals surface area contributed by atoms with Crippen molar-refractivity contribution in [3.63, 3.8) is 0 Å². The van der Waals surface area contributed by atoms with Crippen molar-refractivity contribution in [3.05, 3.63) is 16.8 Å². The molecule has 2 aromatic heterocycles. The average Bonchev–Trinajstić information content (AvgIpc) is 2.64. The number of fused-ring (bicyclic) bond motifs is 1. The first-order valence-corrected chi connectivity index (χ1v) is 6.96. The van der Waals surface area contributed by atoms with E-state index in [1.807, 2.05) is 11.9 Å². The molecule has 0 radical (unpaired) electrons. The molecule has 0 atom stereocenters. The molecule has 0 saturated heterocycles. The van der Waals surface area contributed by atoms with E-state index in [1.54, 1.807) is 17.7 Å². The number of nitrogens with zero attached hydrogens (tertiary/aromatic N) is 3. The standard InChI is InChI=1S/C13H17N3O2S/c1-8-9(2)19-13-11(8)12(14-7-15-13)16(3)6-4-5-10(17)18/h7H,4-6H2,1-3H3,(H,17,18). The lowest BCUT2D eigenvalue weighted by atomic mass is 10.2. The molecular weight excluding hydrogens is 262 g/mol. The van der Waals surface area contributed by atoms with Gasteiger partial charge in [0, 0.05) is 24.9 Å². The van der Waals surface area contributed by atoms with E-state index >= 15 is 0 Å². The molecule has 1 N–H and O–H groups in total. The maximum Gasteiger partial charge on any atom is 0.303 e. The summed E-state index contributed by atoms with van der Waals surface area (Å²) < 4.78 is 0. The van der Waals surface area contributed by atoms with Crippen LogP contribution in [0.25, 0.3) is 10.2 Å². The van der Waals surface area contributed by atoms with Gasteiger partial charge in [0.2, 0.25) is 0 Å². The number of carbonyl (C=O) groups is 1. The van der Waals surface area contributed by atoms with E-state index in [1.165, 1.54) is 10.4 Å². The Balaban J connectivity index is 2.26. The highest BCUT2D eigenvalue weighted by molar-refractivity contribution is 7.18. The molecule has 5 nitrogen and oxygen atoms in total. The number of aromatic nitrogens is 2. The molecule has 102 valence electrons. The molecule has 0 aliphatic rings. The molecule has 0 unspecified atom stereocenters. The number of carboxylic acids is 1. The topological polar surface area (TPSA) is 66.3 Å². The van der Waals surface area contributed by atoms with E-state index in [2.05, 4.69) is 23.8 Å². The molecule has 0 fully saturated rings. The number of aliphatic carboxylic acids is 1. The lowest BCUT2D eigenvalue weighted by Crippen LogP contribution is -2.20. The first-order chi connectivity index (χ1) is 9.00. The zero-order valence-electron chi connectivity index (χ0n) is 11.3. The van der Waals surface area contributed by atoms with Crippen LogP contribution in [0.2, 0.25) is 0 Å². The second-order valence-electron chi connectivity index (χ2n) is 4.58. The predicted molar refractivity (Wildman–Crippen MR) is 77.0 cm³/mol. The fraction of sp³-hybridized carbons (Fsp3) is 0.462. The smallest absolute Gasteiger partial charge is 0.303 e. The summed E-state index contributed by atoms with van der Waals surface area (Å²) in [7, 11) is 1.94. The number of aryl methyl sites for hydroxylation is 2. The minimum Gasteiger partial charge on any atom is -0.481 e. The van der Waals surface area contributed by atoms with Gasteiger partial charge in [0.05, 0.1) is 5.39 Å². The van der Waals surface area contributed by atoms with Gasteiger partial charge in [-0.3, -0.25) is 4.79 Å². The Morgan fingerprint density at radius 3 is 2.84 bits per heavy atom. The van der Waals surface area contributed by atoms with E-state index in [0.717, 1.165) is 16.0 Å². The van der Waals surface area contributed by atoms with Crippen molar-refractivity contribution < 1.29 is 9.90 Å². The molecule has 0 spiro atoms. The molecule has 2 aromatic rings. The Bertz CT molecular complexity index is 609. The van der Waals surface area contributed by atoms with Crippen molar-refractivity contribution in [1.82, 2.24) is 9.97 Å². The number of hydrogen-bond donors (Lipinski definition) is 1. The first-order valence-electron chi connectivity index (χ1n) is 6.14. The first kappa shape index (κ1) is 13.7. The van der Waals surface area contributed by atoms with Crippen molar-refractivity contribution in [3.8, 4) is 0 Å². The molecule has 19 heavy (non-hydrogen) atoms. The molecule has 0 saturated carbocycles. The summed E-state index contributed by atoms with van der Waals surface area (Å²) in [6, 6.07) is 0. The van der Waals surface area contributed by atoms with Crippen LogP contribution < -0.4 is 4.90 Å². The highest BCUT2D eigenvalue weighted by Gasteiger charge is 2.14. The van der Waals surface area contributed by atoms with Crippen LogP contribution in [0, 0.1) is 13.8 Å². The summed E-state index contributed by atoms with van der Waals surface area (Å²) >= 11 is 1.67. The van der Waals surface area contributed by atoms with Crippen LogP contribution >= 0.6 is 11.3 Å². The fourth-order valence-electron chi connectivity index (χ4n) is 2.03. The van der Waals surface area contributed by atoms with Gasteiger partial charge in [0.25, 0.3) is 0 Å². The van der Waals surface area contributed by atoms with Gasteiger partial charge in [-0.1, -0.05) is 0 Å². The third-order valence-electron chi connectivity index (χ3n) is 3.19. The van der Waals surface area contributed by atoms with Gasteiger partial charge in [0.1, 0.15) is 17.0 Å². The van der Waals surface area contributed by atoms with Gasteiger partial charge < -0.3 is 10.0 Å². The zero-order valence-corrected chi connectivity index (χ0v) is 12.1. The van der Waals surface area contributed by atoms with Crippen molar-refractivity contribution in [2.75, 3.05) is 18.5 Å². The van der Waals surface area contributed by atoms with Crippen LogP contribution in [0.4, 0.5) is 5.82 Å². The lowest BCUT2D eigenvalue weighted by Gasteiger charge is -2.18. The van der Waals surface area contributed by atoms with Crippen LogP contribution in [-0.2, 0) is 4.79 Å². The molecule has 0 aromatic carbocycles. The van der Waals surface area contributed by atoms with E-state index in [-0.39, 0.29) is 6.42 Å². The largest absolute Gasteiger partial charge is 0.481 e. The van der Waals surface area contributed by atoms with E-state index < -0.39 is 5.97 Å². The van der Waals surface area contributed by atoms with Crippen LogP contribution in [-0.4, -0.2) is 34.6 Å². The predicted octanol–water partition coefficient (Wildman–Crippen LogP) is 2.61. The number of anilines is 1. The summed E-state index contributed by atoms with van der Waals surface area (Å²) in [5, 5.41) is 9.76. The van der Waals surface area contributed by atoms with Crippen LogP contribution in [0.3, 0.4) is 0 Å². The minimum absolute atomic E-state index is 0.181. The second kappa shape index (κ2) is 5.52. The Morgan fingerprint density at radius 1 is 1.42 bits per heavy atom. The van der Waals surface area contributed by atoms with Crippen LogP contribution in [0.1, 0.15) is 23.3 Å². The Labute approximate surface area is 115 Å². The van der Waals surface area contributed by atoms with Gasteiger partial charge >= 0.3 is 5.97 Å². The van der Waals surface area contributed by atoms with Crippen LogP contribution in [0.15, 0.2) is 6.33 Å². The second-order valence-corrected chi connectivity index (χ2v) is 5.78. The maximum atomic E-state index is 10.5. The molecule has 2 rings (SSSR count). The van der Waals surface area contributed by atoms with E-state index in [9.17, 15) is 4.79 Å². The van der Waals surface area contributed by atoms with Crippen molar-refractivity contribution in [1.29, 1.82) is 0 Å². The summed E-state index contributed by atoms with van der Waals surface area (Å²) in [5.74, 6) is 0.126. The molecular formula is C13H17N3O2S. The normalized spacial score (nSPS) is 10.9. The summed E-state index contributed by atoms with van der Waals surface area (Å²) in [6.07, 6.45) is 2.36. The fourth-order valence-corrected chi connectivity index (χ4v) is 3.02. The summed E-state index contributed by atoms with van der Waals surface area (Å²) in [5.41, 5.74) is 1.21. The minimum atomic E-state index is -0.760.